The molecule has 196 valence electrons. The van der Waals surface area contributed by atoms with Crippen molar-refractivity contribution in [3.05, 3.63) is 90.9 Å². The molecular weight excluding hydrogens is 497 g/mol. The van der Waals surface area contributed by atoms with E-state index >= 15 is 0 Å². The molecule has 1 saturated heterocycles. The van der Waals surface area contributed by atoms with Gasteiger partial charge in [-0.1, -0.05) is 30.3 Å². The number of ether oxygens (including phenoxy) is 1. The Balaban J connectivity index is 1.21. The number of hydrogen-bond acceptors (Lipinski definition) is 7. The van der Waals surface area contributed by atoms with Gasteiger partial charge in [-0.3, -0.25) is 9.38 Å². The number of fused-ring (bicyclic) bond motifs is 1. The Morgan fingerprint density at radius 1 is 0.949 bits per heavy atom. The van der Waals surface area contributed by atoms with Gasteiger partial charge in [0.15, 0.2) is 5.82 Å². The molecule has 0 unspecified atom stereocenters. The highest BCUT2D eigenvalue weighted by molar-refractivity contribution is 5.69. The number of benzene rings is 1. The predicted octanol–water partition coefficient (Wildman–Crippen LogP) is 5.68. The summed E-state index contributed by atoms with van der Waals surface area (Å²) in [7, 11) is 1.40. The fraction of sp³-hybridized carbons (Fsp3) is 0.207. The van der Waals surface area contributed by atoms with Gasteiger partial charge in [-0.15, -0.1) is 0 Å². The van der Waals surface area contributed by atoms with Crippen molar-refractivity contribution < 1.29 is 13.9 Å². The van der Waals surface area contributed by atoms with Gasteiger partial charge in [-0.25, -0.2) is 24.1 Å². The van der Waals surface area contributed by atoms with E-state index in [2.05, 4.69) is 25.3 Å². The number of halogens is 1. The molecule has 1 aliphatic rings. The third-order valence-electron chi connectivity index (χ3n) is 6.99. The fourth-order valence-corrected chi connectivity index (χ4v) is 4.90. The molecular formula is C29H26FN7O2. The number of hydrogen-bond donors (Lipinski definition) is 1. The van der Waals surface area contributed by atoms with Crippen LogP contribution >= 0.6 is 0 Å². The Labute approximate surface area is 224 Å². The van der Waals surface area contributed by atoms with E-state index in [0.29, 0.717) is 30.1 Å². The predicted molar refractivity (Wildman–Crippen MR) is 145 cm³/mol. The van der Waals surface area contributed by atoms with Crippen molar-refractivity contribution in [3.8, 4) is 22.5 Å². The second-order valence-electron chi connectivity index (χ2n) is 9.37. The Morgan fingerprint density at radius 3 is 2.51 bits per heavy atom. The summed E-state index contributed by atoms with van der Waals surface area (Å²) in [6.45, 7) is 1.28. The lowest BCUT2D eigenvalue weighted by molar-refractivity contribution is 0.112. The van der Waals surface area contributed by atoms with E-state index in [9.17, 15) is 9.18 Å². The van der Waals surface area contributed by atoms with Gasteiger partial charge in [0.25, 0.3) is 0 Å². The standard InChI is InChI=1S/C29H26FN7O2/c1-39-29(38)36-13-11-20(12-14-36)24-9-8-22(15-31-24)34-28-33-16-23(30)27(35-28)25-17-32-26-10-7-21(18-37(25)26)19-5-3-2-4-6-19/h2-10,15-18,20H,11-14H2,1H3,(H,33,34,35). The topological polar surface area (TPSA) is 97.5 Å². The van der Waals surface area contributed by atoms with Crippen LogP contribution in [0.15, 0.2) is 79.4 Å². The van der Waals surface area contributed by atoms with E-state index in [1.54, 1.807) is 17.3 Å². The van der Waals surface area contributed by atoms with Crippen LogP contribution in [0.25, 0.3) is 28.2 Å². The van der Waals surface area contributed by atoms with Crippen LogP contribution in [-0.2, 0) is 4.74 Å². The third kappa shape index (κ3) is 5.00. The van der Waals surface area contributed by atoms with Crippen molar-refractivity contribution in [2.24, 2.45) is 0 Å². The van der Waals surface area contributed by atoms with E-state index in [4.69, 9.17) is 4.74 Å². The number of imidazole rings is 1. The van der Waals surface area contributed by atoms with Gasteiger partial charge in [0, 0.05) is 30.9 Å². The monoisotopic (exact) mass is 523 g/mol. The maximum Gasteiger partial charge on any atom is 0.409 e. The van der Waals surface area contributed by atoms with E-state index in [1.807, 2.05) is 65.2 Å². The molecule has 1 N–H and O–H groups in total. The quantitative estimate of drug-likeness (QED) is 0.316. The summed E-state index contributed by atoms with van der Waals surface area (Å²) in [5.41, 5.74) is 5.05. The van der Waals surface area contributed by atoms with Gasteiger partial charge in [0.2, 0.25) is 5.95 Å². The number of likely N-dealkylation sites (tertiary alicyclic amines) is 1. The lowest BCUT2D eigenvalue weighted by Crippen LogP contribution is -2.37. The molecule has 5 aromatic rings. The molecule has 0 spiro atoms. The number of nitrogens with one attached hydrogen (secondary N) is 1. The average Bonchev–Trinajstić information content (AvgIpc) is 3.42. The maximum absolute atomic E-state index is 14.9. The SMILES string of the molecule is COC(=O)N1CCC(c2ccc(Nc3ncc(F)c(-c4cnc5ccc(-c6ccccc6)cn45)n3)cn2)CC1. The summed E-state index contributed by atoms with van der Waals surface area (Å²) in [4.78, 5) is 31.1. The van der Waals surface area contributed by atoms with Gasteiger partial charge in [-0.05, 0) is 48.2 Å². The van der Waals surface area contributed by atoms with Crippen LogP contribution in [0.3, 0.4) is 0 Å². The number of carbonyl (C=O) groups is 1. The molecule has 0 atom stereocenters. The Kier molecular flexibility index (Phi) is 6.58. The van der Waals surface area contributed by atoms with E-state index < -0.39 is 5.82 Å². The second kappa shape index (κ2) is 10.5. The molecule has 0 saturated carbocycles. The molecule has 6 rings (SSSR count). The van der Waals surface area contributed by atoms with Crippen molar-refractivity contribution >= 4 is 23.4 Å². The van der Waals surface area contributed by atoms with Gasteiger partial charge in [0.05, 0.1) is 37.1 Å². The first-order valence-corrected chi connectivity index (χ1v) is 12.7. The Hall–Kier alpha value is -4.86. The van der Waals surface area contributed by atoms with E-state index in [-0.39, 0.29) is 23.7 Å². The lowest BCUT2D eigenvalue weighted by Gasteiger charge is -2.30. The minimum atomic E-state index is -0.542. The summed E-state index contributed by atoms with van der Waals surface area (Å²) in [5, 5.41) is 3.13. The second-order valence-corrected chi connectivity index (χ2v) is 9.37. The molecule has 5 heterocycles. The first-order chi connectivity index (χ1) is 19.1. The Bertz CT molecular complexity index is 1610. The molecule has 0 radical (unpaired) electrons. The smallest absolute Gasteiger partial charge is 0.409 e. The van der Waals surface area contributed by atoms with Crippen LogP contribution < -0.4 is 5.32 Å². The molecule has 39 heavy (non-hydrogen) atoms. The van der Waals surface area contributed by atoms with Crippen LogP contribution in [0.4, 0.5) is 20.8 Å². The molecule has 9 nitrogen and oxygen atoms in total. The number of pyridine rings is 2. The Morgan fingerprint density at radius 2 is 1.77 bits per heavy atom. The number of amides is 1. The van der Waals surface area contributed by atoms with Gasteiger partial charge in [-0.2, -0.15) is 0 Å². The van der Waals surface area contributed by atoms with Crippen LogP contribution in [0, 0.1) is 5.82 Å². The molecule has 4 aromatic heterocycles. The molecule has 1 fully saturated rings. The number of rotatable bonds is 5. The van der Waals surface area contributed by atoms with Crippen molar-refractivity contribution in [3.63, 3.8) is 0 Å². The normalized spacial score (nSPS) is 13.9. The van der Waals surface area contributed by atoms with E-state index in [0.717, 1.165) is 35.9 Å². The number of methoxy groups -OCH3 is 1. The zero-order valence-electron chi connectivity index (χ0n) is 21.3. The van der Waals surface area contributed by atoms with Crippen LogP contribution in [0.5, 0.6) is 0 Å². The lowest BCUT2D eigenvalue weighted by atomic mass is 9.93. The van der Waals surface area contributed by atoms with E-state index in [1.165, 1.54) is 7.11 Å². The molecule has 1 amide bonds. The molecule has 0 aliphatic carbocycles. The van der Waals surface area contributed by atoms with Crippen molar-refractivity contribution in [1.82, 2.24) is 29.2 Å². The number of piperidine rings is 1. The molecule has 1 aromatic carbocycles. The van der Waals surface area contributed by atoms with Gasteiger partial charge >= 0.3 is 6.09 Å². The summed E-state index contributed by atoms with van der Waals surface area (Å²) >= 11 is 0. The highest BCUT2D eigenvalue weighted by Gasteiger charge is 2.25. The minimum Gasteiger partial charge on any atom is -0.453 e. The number of anilines is 2. The van der Waals surface area contributed by atoms with Crippen LogP contribution in [0.2, 0.25) is 0 Å². The zero-order valence-corrected chi connectivity index (χ0v) is 21.3. The van der Waals surface area contributed by atoms with Crippen LogP contribution in [-0.4, -0.2) is 55.5 Å². The highest BCUT2D eigenvalue weighted by Crippen LogP contribution is 2.29. The number of nitrogens with zero attached hydrogens (tertiary/aromatic N) is 6. The highest BCUT2D eigenvalue weighted by atomic mass is 19.1. The third-order valence-corrected chi connectivity index (χ3v) is 6.99. The van der Waals surface area contributed by atoms with Gasteiger partial charge in [0.1, 0.15) is 11.3 Å². The fourth-order valence-electron chi connectivity index (χ4n) is 4.90. The number of aromatic nitrogens is 5. The van der Waals surface area contributed by atoms with Crippen LogP contribution in [0.1, 0.15) is 24.5 Å². The average molecular weight is 524 g/mol. The first-order valence-electron chi connectivity index (χ1n) is 12.7. The van der Waals surface area contributed by atoms with Crippen molar-refractivity contribution in [1.29, 1.82) is 0 Å². The van der Waals surface area contributed by atoms with Gasteiger partial charge < -0.3 is 15.0 Å². The summed E-state index contributed by atoms with van der Waals surface area (Å²) < 4.78 is 21.6. The largest absolute Gasteiger partial charge is 0.453 e. The van der Waals surface area contributed by atoms with Crippen molar-refractivity contribution in [2.75, 3.05) is 25.5 Å². The molecule has 10 heteroatoms. The summed E-state index contributed by atoms with van der Waals surface area (Å²) in [6.07, 6.45) is 7.77. The first kappa shape index (κ1) is 24.5. The summed E-state index contributed by atoms with van der Waals surface area (Å²) in [5.74, 6) is -0.0229. The molecule has 0 bridgehead atoms. The van der Waals surface area contributed by atoms with Crippen molar-refractivity contribution in [2.45, 2.75) is 18.8 Å². The maximum atomic E-state index is 14.9. The minimum absolute atomic E-state index is 0.146. The number of carbonyl (C=O) groups excluding carboxylic acids is 1. The molecule has 1 aliphatic heterocycles. The zero-order chi connectivity index (χ0) is 26.8. The summed E-state index contributed by atoms with van der Waals surface area (Å²) in [6, 6.07) is 17.7.